The molecule has 9 nitrogen and oxygen atoms in total. The maximum absolute atomic E-state index is 14.5. The first-order valence-corrected chi connectivity index (χ1v) is 16.5. The molecule has 2 aromatic rings. The van der Waals surface area contributed by atoms with Crippen molar-refractivity contribution in [2.75, 3.05) is 6.54 Å². The summed E-state index contributed by atoms with van der Waals surface area (Å²) in [5.41, 5.74) is -2.70. The lowest BCUT2D eigenvalue weighted by Crippen LogP contribution is -2.48. The molecule has 15 heteroatoms. The highest BCUT2D eigenvalue weighted by atomic mass is 19.4. The number of nitrogens with zero attached hydrogens (tertiary/aromatic N) is 5. The topological polar surface area (TPSA) is 107 Å². The predicted molar refractivity (Wildman–Crippen MR) is 176 cm³/mol. The van der Waals surface area contributed by atoms with Gasteiger partial charge in [-0.15, -0.1) is 10.2 Å². The lowest BCUT2D eigenvalue weighted by Gasteiger charge is -2.32. The number of carbonyl (C=O) groups is 2. The lowest BCUT2D eigenvalue weighted by atomic mass is 9.82. The van der Waals surface area contributed by atoms with Crippen molar-refractivity contribution in [1.29, 1.82) is 5.41 Å². The highest BCUT2D eigenvalue weighted by molar-refractivity contribution is 6.10. The molecule has 0 spiro atoms. The normalized spacial score (nSPS) is 19.3. The van der Waals surface area contributed by atoms with Crippen LogP contribution in [0, 0.1) is 17.2 Å². The van der Waals surface area contributed by atoms with E-state index in [0.717, 1.165) is 21.6 Å². The molecular formula is C35H43F6N7O2. The maximum Gasteiger partial charge on any atom is 0.451 e. The summed E-state index contributed by atoms with van der Waals surface area (Å²) in [6, 6.07) is 2.15. The van der Waals surface area contributed by atoms with Crippen LogP contribution in [0.25, 0.3) is 0 Å². The van der Waals surface area contributed by atoms with E-state index < -0.39 is 59.2 Å². The summed E-state index contributed by atoms with van der Waals surface area (Å²) in [4.78, 5) is 30.6. The number of hydrogen-bond acceptors (Lipinski definition) is 5. The van der Waals surface area contributed by atoms with Gasteiger partial charge in [0.1, 0.15) is 5.54 Å². The predicted octanol–water partition coefficient (Wildman–Crippen LogP) is 7.68. The second kappa shape index (κ2) is 14.8. The van der Waals surface area contributed by atoms with Crippen molar-refractivity contribution >= 4 is 17.8 Å². The minimum Gasteiger partial charge on any atom is -0.338 e. The van der Waals surface area contributed by atoms with Crippen molar-refractivity contribution < 1.29 is 35.9 Å². The van der Waals surface area contributed by atoms with Gasteiger partial charge >= 0.3 is 12.4 Å². The molecule has 2 N–H and O–H groups in total. The Morgan fingerprint density at radius 1 is 1.02 bits per heavy atom. The molecule has 0 saturated carbocycles. The van der Waals surface area contributed by atoms with Gasteiger partial charge in [-0.05, 0) is 67.7 Å². The number of hydrogen-bond donors (Lipinski definition) is 2. The van der Waals surface area contributed by atoms with Crippen LogP contribution in [0.1, 0.15) is 99.5 Å². The van der Waals surface area contributed by atoms with E-state index in [0.29, 0.717) is 24.8 Å². The molecule has 3 heterocycles. The maximum atomic E-state index is 14.5. The SMILES string of the molecule is C=C(/C=C\C=C/C)[C@@]1(CCC(C)C)NC(=N)N(C(CCC(C)C)c2ccc(C(F)(F)F)c(C(=O)N3CCn4c(nnc4C(F)(F)F)C3)c2)C1=O. The number of allylic oxidation sites excluding steroid dienone is 3. The van der Waals surface area contributed by atoms with Crippen molar-refractivity contribution in [3.8, 4) is 0 Å². The van der Waals surface area contributed by atoms with Gasteiger partial charge in [-0.1, -0.05) is 64.6 Å². The monoisotopic (exact) mass is 707 g/mol. The van der Waals surface area contributed by atoms with Crippen LogP contribution in [-0.2, 0) is 30.2 Å². The minimum atomic E-state index is -4.95. The van der Waals surface area contributed by atoms with Gasteiger partial charge in [0.15, 0.2) is 11.8 Å². The van der Waals surface area contributed by atoms with Crippen LogP contribution in [0.4, 0.5) is 26.3 Å². The summed E-state index contributed by atoms with van der Waals surface area (Å²) < 4.78 is 84.1. The number of amides is 2. The fourth-order valence-electron chi connectivity index (χ4n) is 6.24. The summed E-state index contributed by atoms with van der Waals surface area (Å²) >= 11 is 0. The number of carbonyl (C=O) groups excluding carboxylic acids is 2. The third kappa shape index (κ3) is 7.96. The highest BCUT2D eigenvalue weighted by Gasteiger charge is 2.53. The summed E-state index contributed by atoms with van der Waals surface area (Å²) in [6.45, 7) is 12.7. The van der Waals surface area contributed by atoms with E-state index in [1.54, 1.807) is 18.2 Å². The zero-order chi connectivity index (χ0) is 37.2. The summed E-state index contributed by atoms with van der Waals surface area (Å²) in [7, 11) is 0. The van der Waals surface area contributed by atoms with E-state index in [9.17, 15) is 35.9 Å². The van der Waals surface area contributed by atoms with Crippen LogP contribution in [0.2, 0.25) is 0 Å². The molecule has 2 amide bonds. The van der Waals surface area contributed by atoms with E-state index in [2.05, 4.69) is 22.1 Å². The minimum absolute atomic E-state index is 0.129. The molecule has 272 valence electrons. The molecule has 2 atom stereocenters. The van der Waals surface area contributed by atoms with Gasteiger partial charge in [0.25, 0.3) is 11.8 Å². The van der Waals surface area contributed by atoms with Crippen LogP contribution >= 0.6 is 0 Å². The zero-order valence-corrected chi connectivity index (χ0v) is 28.8. The number of benzene rings is 1. The van der Waals surface area contributed by atoms with E-state index >= 15 is 0 Å². The van der Waals surface area contributed by atoms with Crippen molar-refractivity contribution in [2.45, 2.75) is 97.3 Å². The number of nitrogens with one attached hydrogen (secondary N) is 2. The molecular weight excluding hydrogens is 664 g/mol. The number of guanidine groups is 1. The Balaban J connectivity index is 1.78. The average molecular weight is 708 g/mol. The summed E-state index contributed by atoms with van der Waals surface area (Å²) in [5, 5.41) is 18.8. The van der Waals surface area contributed by atoms with Gasteiger partial charge in [-0.2, -0.15) is 26.3 Å². The molecule has 1 unspecified atom stereocenters. The third-order valence-corrected chi connectivity index (χ3v) is 8.99. The molecule has 0 bridgehead atoms. The van der Waals surface area contributed by atoms with Gasteiger partial charge in [0.2, 0.25) is 5.82 Å². The Labute approximate surface area is 287 Å². The quantitative estimate of drug-likeness (QED) is 0.174. The average Bonchev–Trinajstić information content (AvgIpc) is 3.58. The second-order valence-corrected chi connectivity index (χ2v) is 13.5. The van der Waals surface area contributed by atoms with Crippen molar-refractivity contribution in [3.63, 3.8) is 0 Å². The Morgan fingerprint density at radius 3 is 2.30 bits per heavy atom. The van der Waals surface area contributed by atoms with Crippen LogP contribution in [0.5, 0.6) is 0 Å². The Kier molecular flexibility index (Phi) is 11.4. The van der Waals surface area contributed by atoms with Gasteiger partial charge in [0.05, 0.1) is 23.7 Å². The van der Waals surface area contributed by atoms with E-state index in [4.69, 9.17) is 5.41 Å². The van der Waals surface area contributed by atoms with Crippen molar-refractivity contribution in [3.05, 3.63) is 83.0 Å². The first-order chi connectivity index (χ1) is 23.3. The van der Waals surface area contributed by atoms with Gasteiger partial charge in [-0.3, -0.25) is 19.9 Å². The Bertz CT molecular complexity index is 1670. The van der Waals surface area contributed by atoms with E-state index in [1.165, 1.54) is 11.0 Å². The number of rotatable bonds is 12. The molecule has 0 aliphatic carbocycles. The molecule has 50 heavy (non-hydrogen) atoms. The van der Waals surface area contributed by atoms with Gasteiger partial charge in [0, 0.05) is 13.1 Å². The molecule has 1 aromatic heterocycles. The third-order valence-electron chi connectivity index (χ3n) is 8.99. The molecule has 2 aliphatic rings. The first kappa shape index (κ1) is 38.4. The van der Waals surface area contributed by atoms with E-state index in [1.807, 2.05) is 40.7 Å². The molecule has 1 saturated heterocycles. The van der Waals surface area contributed by atoms with Gasteiger partial charge < -0.3 is 14.8 Å². The fourth-order valence-corrected chi connectivity index (χ4v) is 6.24. The Hall–Kier alpha value is -4.43. The summed E-state index contributed by atoms with van der Waals surface area (Å²) in [6.07, 6.45) is -1.01. The molecule has 4 rings (SSSR count). The van der Waals surface area contributed by atoms with Crippen LogP contribution in [0.3, 0.4) is 0 Å². The van der Waals surface area contributed by atoms with Crippen molar-refractivity contribution in [2.24, 2.45) is 11.8 Å². The Morgan fingerprint density at radius 2 is 1.70 bits per heavy atom. The number of fused-ring (bicyclic) bond motifs is 1. The molecule has 1 aromatic carbocycles. The van der Waals surface area contributed by atoms with E-state index in [-0.39, 0.29) is 48.7 Å². The van der Waals surface area contributed by atoms with Crippen LogP contribution in [-0.4, -0.2) is 54.4 Å². The second-order valence-electron chi connectivity index (χ2n) is 13.5. The first-order valence-electron chi connectivity index (χ1n) is 16.5. The van der Waals surface area contributed by atoms with Crippen LogP contribution in [0.15, 0.2) is 54.7 Å². The highest BCUT2D eigenvalue weighted by Crippen LogP contribution is 2.41. The largest absolute Gasteiger partial charge is 0.451 e. The molecule has 1 fully saturated rings. The zero-order valence-electron chi connectivity index (χ0n) is 28.8. The molecule has 2 aliphatic heterocycles. The smallest absolute Gasteiger partial charge is 0.338 e. The number of halogens is 6. The molecule has 0 radical (unpaired) electrons. The fraction of sp³-hybridized carbons (Fsp3) is 0.514. The lowest BCUT2D eigenvalue weighted by molar-refractivity contribution is -0.148. The standard InChI is InChI=1S/C35H43F6N7O2/c1-7-8-9-10-23(6)33(16-15-22(4)5)31(50)48(32(42)43-33)27(14-11-21(2)3)24-12-13-26(34(36,37)38)25(19-24)29(49)46-17-18-47-28(20-46)44-45-30(47)35(39,40)41/h7-10,12-13,19,21-22,27H,6,11,14-18,20H2,1-5H3,(H2,42,43)/b8-7-,10-9-/t27?,33-/m1/s1. The van der Waals surface area contributed by atoms with Gasteiger partial charge in [-0.25, -0.2) is 0 Å². The van der Waals surface area contributed by atoms with Crippen molar-refractivity contribution in [1.82, 2.24) is 29.9 Å². The number of aromatic nitrogens is 3. The van der Waals surface area contributed by atoms with Crippen LogP contribution < -0.4 is 5.32 Å². The summed E-state index contributed by atoms with van der Waals surface area (Å²) in [5.74, 6) is -2.89. The number of alkyl halides is 6.